The van der Waals surface area contributed by atoms with Gasteiger partial charge in [0.15, 0.2) is 0 Å². The Morgan fingerprint density at radius 1 is 1.50 bits per heavy atom. The molecule has 0 amide bonds. The number of carbonyl (C=O) groups excluding carboxylic acids is 1. The zero-order valence-corrected chi connectivity index (χ0v) is 9.81. The van der Waals surface area contributed by atoms with E-state index in [-0.39, 0.29) is 17.8 Å². The maximum Gasteiger partial charge on any atom is 0.319 e. The third-order valence-corrected chi connectivity index (χ3v) is 3.03. The predicted octanol–water partition coefficient (Wildman–Crippen LogP) is 1.83. The van der Waals surface area contributed by atoms with Gasteiger partial charge in [0.2, 0.25) is 0 Å². The van der Waals surface area contributed by atoms with Gasteiger partial charge in [-0.1, -0.05) is 19.8 Å². The Morgan fingerprint density at radius 2 is 2.21 bits per heavy atom. The molecule has 3 nitrogen and oxygen atoms in total. The summed E-state index contributed by atoms with van der Waals surface area (Å²) in [4.78, 5) is 11.4. The Labute approximate surface area is 90.2 Å². The lowest BCUT2D eigenvalue weighted by Gasteiger charge is -2.13. The second kappa shape index (κ2) is 9.34. The zero-order valence-electron chi connectivity index (χ0n) is 8.99. The molecule has 0 saturated carbocycles. The highest BCUT2D eigenvalue weighted by Gasteiger charge is 2.18. The summed E-state index contributed by atoms with van der Waals surface area (Å²) in [6.07, 6.45) is 2.96. The van der Waals surface area contributed by atoms with Gasteiger partial charge in [-0.25, -0.2) is 0 Å². The van der Waals surface area contributed by atoms with Crippen LogP contribution in [0.15, 0.2) is 0 Å². The topological polar surface area (TPSA) is 46.5 Å². The molecule has 0 saturated heterocycles. The summed E-state index contributed by atoms with van der Waals surface area (Å²) < 4.78 is 4.96. The number of hydrogen-bond acceptors (Lipinski definition) is 4. The van der Waals surface area contributed by atoms with Crippen LogP contribution in [-0.4, -0.2) is 35.3 Å². The number of aliphatic hydroxyl groups excluding tert-OH is 1. The minimum absolute atomic E-state index is 0.0953. The van der Waals surface area contributed by atoms with E-state index in [9.17, 15) is 4.79 Å². The van der Waals surface area contributed by atoms with E-state index in [4.69, 9.17) is 9.84 Å². The van der Waals surface area contributed by atoms with Crippen LogP contribution in [-0.2, 0) is 9.53 Å². The molecule has 1 atom stereocenters. The van der Waals surface area contributed by atoms with E-state index >= 15 is 0 Å². The van der Waals surface area contributed by atoms with Gasteiger partial charge in [-0.2, -0.15) is 0 Å². The number of carbonyl (C=O) groups is 1. The third-order valence-electron chi connectivity index (χ3n) is 1.78. The second-order valence-corrected chi connectivity index (χ2v) is 4.29. The van der Waals surface area contributed by atoms with E-state index in [1.54, 1.807) is 0 Å². The van der Waals surface area contributed by atoms with Crippen molar-refractivity contribution in [1.29, 1.82) is 0 Å². The van der Waals surface area contributed by atoms with Crippen molar-refractivity contribution in [2.24, 2.45) is 0 Å². The molecule has 14 heavy (non-hydrogen) atoms. The van der Waals surface area contributed by atoms with Crippen molar-refractivity contribution < 1.29 is 14.6 Å². The van der Waals surface area contributed by atoms with E-state index in [2.05, 4.69) is 6.92 Å². The fraction of sp³-hybridized carbons (Fsp3) is 0.900. The van der Waals surface area contributed by atoms with Gasteiger partial charge in [0.1, 0.15) is 5.25 Å². The van der Waals surface area contributed by atoms with E-state index in [1.807, 2.05) is 6.92 Å². The summed E-state index contributed by atoms with van der Waals surface area (Å²) in [5, 5.41) is 8.58. The molecule has 0 bridgehead atoms. The molecule has 4 heteroatoms. The van der Waals surface area contributed by atoms with Crippen molar-refractivity contribution in [2.75, 3.05) is 19.0 Å². The molecule has 0 aromatic heterocycles. The van der Waals surface area contributed by atoms with Gasteiger partial charge in [-0.3, -0.25) is 4.79 Å². The average Bonchev–Trinajstić information content (AvgIpc) is 2.18. The maximum atomic E-state index is 11.4. The van der Waals surface area contributed by atoms with E-state index in [0.29, 0.717) is 12.4 Å². The predicted molar refractivity (Wildman–Crippen MR) is 59.5 cm³/mol. The van der Waals surface area contributed by atoms with Crippen molar-refractivity contribution in [3.8, 4) is 0 Å². The Kier molecular flexibility index (Phi) is 9.19. The van der Waals surface area contributed by atoms with Gasteiger partial charge in [0, 0.05) is 5.75 Å². The van der Waals surface area contributed by atoms with Crippen molar-refractivity contribution in [3.05, 3.63) is 0 Å². The highest BCUT2D eigenvalue weighted by atomic mass is 32.2. The highest BCUT2D eigenvalue weighted by Crippen LogP contribution is 2.18. The minimum atomic E-state index is -0.139. The number of ether oxygens (including phenoxy) is 1. The molecule has 0 aliphatic heterocycles. The van der Waals surface area contributed by atoms with Crippen LogP contribution in [0, 0.1) is 0 Å². The summed E-state index contributed by atoms with van der Waals surface area (Å²) >= 11 is 1.48. The first-order chi connectivity index (χ1) is 6.76. The first-order valence-electron chi connectivity index (χ1n) is 5.15. The third kappa shape index (κ3) is 6.27. The van der Waals surface area contributed by atoms with Crippen LogP contribution < -0.4 is 0 Å². The molecule has 0 rings (SSSR count). The summed E-state index contributed by atoms with van der Waals surface area (Å²) in [6, 6.07) is 0. The molecule has 0 heterocycles. The van der Waals surface area contributed by atoms with Gasteiger partial charge in [0.05, 0.1) is 13.2 Å². The standard InChI is InChI=1S/C10H20O3S/c1-3-5-6-9(14-8-7-11)10(12)13-4-2/h9,11H,3-8H2,1-2H3. The number of rotatable bonds is 8. The van der Waals surface area contributed by atoms with E-state index in [1.165, 1.54) is 11.8 Å². The van der Waals surface area contributed by atoms with Crippen LogP contribution in [0.2, 0.25) is 0 Å². The van der Waals surface area contributed by atoms with Gasteiger partial charge < -0.3 is 9.84 Å². The summed E-state index contributed by atoms with van der Waals surface area (Å²) in [5.74, 6) is 0.465. The quantitative estimate of drug-likeness (QED) is 0.634. The molecular formula is C10H20O3S. The largest absolute Gasteiger partial charge is 0.465 e. The van der Waals surface area contributed by atoms with Gasteiger partial charge in [0.25, 0.3) is 0 Å². The van der Waals surface area contributed by atoms with Gasteiger partial charge in [-0.15, -0.1) is 11.8 Å². The first-order valence-corrected chi connectivity index (χ1v) is 6.20. The molecule has 0 aromatic rings. The van der Waals surface area contributed by atoms with Gasteiger partial charge >= 0.3 is 5.97 Å². The van der Waals surface area contributed by atoms with Crippen LogP contribution in [0.4, 0.5) is 0 Å². The number of unbranched alkanes of at least 4 members (excludes halogenated alkanes) is 1. The highest BCUT2D eigenvalue weighted by molar-refractivity contribution is 8.00. The molecule has 1 unspecified atom stereocenters. The molecule has 0 radical (unpaired) electrons. The lowest BCUT2D eigenvalue weighted by molar-refractivity contribution is -0.142. The monoisotopic (exact) mass is 220 g/mol. The lowest BCUT2D eigenvalue weighted by atomic mass is 10.2. The van der Waals surface area contributed by atoms with Crippen molar-refractivity contribution >= 4 is 17.7 Å². The van der Waals surface area contributed by atoms with Crippen LogP contribution >= 0.6 is 11.8 Å². The van der Waals surface area contributed by atoms with E-state index < -0.39 is 0 Å². The van der Waals surface area contributed by atoms with Crippen LogP contribution in [0.1, 0.15) is 33.1 Å². The Hall–Kier alpha value is -0.220. The van der Waals surface area contributed by atoms with Crippen molar-refractivity contribution in [3.63, 3.8) is 0 Å². The zero-order chi connectivity index (χ0) is 10.8. The molecule has 84 valence electrons. The number of aliphatic hydroxyl groups is 1. The van der Waals surface area contributed by atoms with Crippen molar-refractivity contribution in [1.82, 2.24) is 0 Å². The molecule has 0 aliphatic rings. The van der Waals surface area contributed by atoms with Crippen LogP contribution in [0.3, 0.4) is 0 Å². The second-order valence-electron chi connectivity index (χ2n) is 2.98. The normalized spacial score (nSPS) is 12.5. The number of esters is 1. The molecule has 1 N–H and O–H groups in total. The fourth-order valence-electron chi connectivity index (χ4n) is 1.09. The SMILES string of the molecule is CCCCC(SCCO)C(=O)OCC. The Bertz CT molecular complexity index is 142. The van der Waals surface area contributed by atoms with E-state index in [0.717, 1.165) is 19.3 Å². The minimum Gasteiger partial charge on any atom is -0.465 e. The first kappa shape index (κ1) is 13.8. The van der Waals surface area contributed by atoms with Crippen molar-refractivity contribution in [2.45, 2.75) is 38.4 Å². The maximum absolute atomic E-state index is 11.4. The molecule has 0 aliphatic carbocycles. The molecule has 0 spiro atoms. The smallest absolute Gasteiger partial charge is 0.319 e. The summed E-state index contributed by atoms with van der Waals surface area (Å²) in [6.45, 7) is 4.46. The molecular weight excluding hydrogens is 200 g/mol. The van der Waals surface area contributed by atoms with Gasteiger partial charge in [-0.05, 0) is 13.3 Å². The number of thioether (sulfide) groups is 1. The number of hydrogen-bond donors (Lipinski definition) is 1. The Morgan fingerprint density at radius 3 is 2.71 bits per heavy atom. The molecule has 0 fully saturated rings. The fourth-order valence-corrected chi connectivity index (χ4v) is 2.02. The van der Waals surface area contributed by atoms with Crippen LogP contribution in [0.5, 0.6) is 0 Å². The lowest BCUT2D eigenvalue weighted by Crippen LogP contribution is -2.21. The summed E-state index contributed by atoms with van der Waals surface area (Å²) in [5.41, 5.74) is 0. The Balaban J connectivity index is 3.88. The molecule has 0 aromatic carbocycles. The average molecular weight is 220 g/mol. The summed E-state index contributed by atoms with van der Waals surface area (Å²) in [7, 11) is 0. The van der Waals surface area contributed by atoms with Crippen LogP contribution in [0.25, 0.3) is 0 Å².